The molecule has 0 unspecified atom stereocenters. The average molecular weight is 524 g/mol. The van der Waals surface area contributed by atoms with Gasteiger partial charge in [-0.2, -0.15) is 9.37 Å². The fraction of sp³-hybridized carbons (Fsp3) is 0.519. The smallest absolute Gasteiger partial charge is 0.350 e. The molecule has 2 N–H and O–H groups in total. The predicted octanol–water partition coefficient (Wildman–Crippen LogP) is 3.51. The third-order valence-corrected chi connectivity index (χ3v) is 8.34. The number of benzene rings is 1. The van der Waals surface area contributed by atoms with Crippen LogP contribution in [0.3, 0.4) is 0 Å². The lowest BCUT2D eigenvalue weighted by atomic mass is 9.68. The van der Waals surface area contributed by atoms with Gasteiger partial charge in [0, 0.05) is 35.8 Å². The van der Waals surface area contributed by atoms with E-state index in [0.717, 1.165) is 42.7 Å². The summed E-state index contributed by atoms with van der Waals surface area (Å²) in [5.74, 6) is -0.154. The van der Waals surface area contributed by atoms with Crippen LogP contribution in [-0.2, 0) is 7.05 Å². The van der Waals surface area contributed by atoms with Crippen molar-refractivity contribution in [1.29, 1.82) is 0 Å². The van der Waals surface area contributed by atoms with E-state index in [-0.39, 0.29) is 34.9 Å². The first-order valence-electron chi connectivity index (χ1n) is 13.1. The number of aromatic hydroxyl groups is 1. The Morgan fingerprint density at radius 2 is 1.97 bits per heavy atom. The molecule has 3 aromatic rings. The number of nitrogens with one attached hydrogen (secondary N) is 1. The SMILES string of the molecule is Cn1c(F)cc(-c2ccc(-c3ncc(N(C4CC4)[C@@H]4C[C@@]5(C)CCC[C@](C)(N5)[C@@H]4F)nn3)c(O)c2)nc1=O. The van der Waals surface area contributed by atoms with Crippen LogP contribution in [0.2, 0.25) is 0 Å². The van der Waals surface area contributed by atoms with Crippen molar-refractivity contribution in [2.45, 2.75) is 81.7 Å². The number of phenols is 1. The van der Waals surface area contributed by atoms with Crippen molar-refractivity contribution in [3.8, 4) is 28.4 Å². The molecule has 0 amide bonds. The minimum atomic E-state index is -1.05. The van der Waals surface area contributed by atoms with Crippen molar-refractivity contribution >= 4 is 5.82 Å². The molecule has 1 aliphatic carbocycles. The van der Waals surface area contributed by atoms with Gasteiger partial charge < -0.3 is 15.3 Å². The Balaban J connectivity index is 1.28. The largest absolute Gasteiger partial charge is 0.507 e. The van der Waals surface area contributed by atoms with Gasteiger partial charge >= 0.3 is 5.69 Å². The molecule has 38 heavy (non-hydrogen) atoms. The van der Waals surface area contributed by atoms with Gasteiger partial charge in [-0.05, 0) is 64.5 Å². The van der Waals surface area contributed by atoms with E-state index in [1.807, 2.05) is 6.92 Å². The molecular weight excluding hydrogens is 492 g/mol. The highest BCUT2D eigenvalue weighted by Crippen LogP contribution is 2.46. The number of aromatic nitrogens is 5. The molecule has 4 atom stereocenters. The van der Waals surface area contributed by atoms with Crippen molar-refractivity contribution in [3.05, 3.63) is 46.9 Å². The summed E-state index contributed by atoms with van der Waals surface area (Å²) in [6, 6.07) is 5.58. The molecule has 0 spiro atoms. The number of halogens is 2. The molecule has 4 heterocycles. The fourth-order valence-corrected chi connectivity index (χ4v) is 6.28. The molecule has 9 nitrogen and oxygen atoms in total. The zero-order valence-corrected chi connectivity index (χ0v) is 21.7. The van der Waals surface area contributed by atoms with E-state index in [9.17, 15) is 14.3 Å². The number of hydrogen-bond donors (Lipinski definition) is 2. The van der Waals surface area contributed by atoms with E-state index in [1.54, 1.807) is 18.3 Å². The van der Waals surface area contributed by atoms with Gasteiger partial charge in [0.05, 0.1) is 23.5 Å². The number of alkyl halides is 1. The standard InChI is InChI=1S/C27H31F2N7O2/c1-26-9-4-10-27(2,34-26)23(29)19(13-26)36(16-6-7-16)22-14-30-24(33-32-22)17-8-5-15(11-20(17)37)18-12-21(28)35(3)25(38)31-18/h5,8,11-12,14,16,19,23,34,37H,4,6-7,9-10,13H2,1-3H3/t19-,23-,26-,27+/m1/s1. The molecule has 2 aromatic heterocycles. The van der Waals surface area contributed by atoms with Crippen LogP contribution in [0.5, 0.6) is 5.75 Å². The van der Waals surface area contributed by atoms with Crippen LogP contribution in [0.15, 0.2) is 35.3 Å². The van der Waals surface area contributed by atoms with Crippen LogP contribution >= 0.6 is 0 Å². The zero-order chi connectivity index (χ0) is 26.8. The minimum Gasteiger partial charge on any atom is -0.507 e. The molecule has 6 rings (SSSR count). The molecule has 3 fully saturated rings. The van der Waals surface area contributed by atoms with Crippen LogP contribution in [-0.4, -0.2) is 59.2 Å². The minimum absolute atomic E-state index is 0.108. The second kappa shape index (κ2) is 8.79. The third-order valence-electron chi connectivity index (χ3n) is 8.34. The molecule has 11 heteroatoms. The summed E-state index contributed by atoms with van der Waals surface area (Å²) < 4.78 is 30.8. The number of phenolic OH excluding ortho intramolecular Hbond substituents is 1. The predicted molar refractivity (Wildman–Crippen MR) is 138 cm³/mol. The summed E-state index contributed by atoms with van der Waals surface area (Å²) in [5, 5.41) is 23.0. The first kappa shape index (κ1) is 24.8. The molecule has 2 aliphatic heterocycles. The lowest BCUT2D eigenvalue weighted by molar-refractivity contribution is 0.000258. The van der Waals surface area contributed by atoms with Crippen molar-refractivity contribution in [2.75, 3.05) is 4.90 Å². The highest BCUT2D eigenvalue weighted by Gasteiger charge is 2.55. The van der Waals surface area contributed by atoms with Crippen molar-refractivity contribution in [2.24, 2.45) is 7.05 Å². The second-order valence-corrected chi connectivity index (χ2v) is 11.4. The van der Waals surface area contributed by atoms with E-state index >= 15 is 4.39 Å². The number of nitrogens with zero attached hydrogens (tertiary/aromatic N) is 6. The van der Waals surface area contributed by atoms with Crippen molar-refractivity contribution < 1.29 is 13.9 Å². The summed E-state index contributed by atoms with van der Waals surface area (Å²) in [4.78, 5) is 22.3. The van der Waals surface area contributed by atoms with Gasteiger partial charge in [0.25, 0.3) is 0 Å². The molecule has 200 valence electrons. The number of anilines is 1. The normalized spacial score (nSPS) is 28.8. The monoisotopic (exact) mass is 523 g/mol. The van der Waals surface area contributed by atoms with Crippen LogP contribution in [0, 0.1) is 5.95 Å². The number of fused-ring (bicyclic) bond motifs is 2. The third kappa shape index (κ3) is 4.22. The Kier molecular flexibility index (Phi) is 5.75. The average Bonchev–Trinajstić information content (AvgIpc) is 3.71. The maximum atomic E-state index is 16.0. The molecule has 2 saturated heterocycles. The lowest BCUT2D eigenvalue weighted by Gasteiger charge is -2.57. The first-order valence-corrected chi connectivity index (χ1v) is 13.1. The fourth-order valence-electron chi connectivity index (χ4n) is 6.28. The van der Waals surface area contributed by atoms with E-state index in [4.69, 9.17) is 0 Å². The van der Waals surface area contributed by atoms with Gasteiger partial charge in [-0.25, -0.2) is 14.2 Å². The molecule has 1 aromatic carbocycles. The topological polar surface area (TPSA) is 109 Å². The molecular formula is C27H31F2N7O2. The van der Waals surface area contributed by atoms with E-state index in [0.29, 0.717) is 23.4 Å². The van der Waals surface area contributed by atoms with Gasteiger partial charge in [0.2, 0.25) is 0 Å². The maximum absolute atomic E-state index is 16.0. The van der Waals surface area contributed by atoms with Crippen LogP contribution in [0.25, 0.3) is 22.6 Å². The Morgan fingerprint density at radius 3 is 2.63 bits per heavy atom. The van der Waals surface area contributed by atoms with Crippen molar-refractivity contribution in [1.82, 2.24) is 30.0 Å². The Bertz CT molecular complexity index is 1440. The molecule has 2 bridgehead atoms. The Hall–Kier alpha value is -3.47. The van der Waals surface area contributed by atoms with E-state index in [1.165, 1.54) is 13.1 Å². The summed E-state index contributed by atoms with van der Waals surface area (Å²) in [5.41, 5.74) is -0.616. The second-order valence-electron chi connectivity index (χ2n) is 11.4. The quantitative estimate of drug-likeness (QED) is 0.489. The highest BCUT2D eigenvalue weighted by atomic mass is 19.1. The Morgan fingerprint density at radius 1 is 1.18 bits per heavy atom. The van der Waals surface area contributed by atoms with Gasteiger partial charge in [0.1, 0.15) is 11.9 Å². The van der Waals surface area contributed by atoms with Gasteiger partial charge in [-0.3, -0.25) is 4.57 Å². The first-order chi connectivity index (χ1) is 18.1. The van der Waals surface area contributed by atoms with Crippen LogP contribution < -0.4 is 15.9 Å². The summed E-state index contributed by atoms with van der Waals surface area (Å²) >= 11 is 0. The summed E-state index contributed by atoms with van der Waals surface area (Å²) in [6.07, 6.45) is 6.02. The summed E-state index contributed by atoms with van der Waals surface area (Å²) in [6.45, 7) is 4.17. The van der Waals surface area contributed by atoms with E-state index < -0.39 is 23.3 Å². The number of piperidine rings is 2. The number of rotatable bonds is 5. The Labute approximate surface area is 219 Å². The van der Waals surface area contributed by atoms with Gasteiger partial charge in [-0.1, -0.05) is 6.07 Å². The van der Waals surface area contributed by atoms with Gasteiger partial charge in [0.15, 0.2) is 17.6 Å². The number of hydrogen-bond acceptors (Lipinski definition) is 8. The molecule has 1 saturated carbocycles. The zero-order valence-electron chi connectivity index (χ0n) is 21.7. The van der Waals surface area contributed by atoms with Gasteiger partial charge in [-0.15, -0.1) is 10.2 Å². The van der Waals surface area contributed by atoms with Crippen LogP contribution in [0.1, 0.15) is 52.4 Å². The molecule has 3 aliphatic rings. The van der Waals surface area contributed by atoms with Crippen LogP contribution in [0.4, 0.5) is 14.6 Å². The van der Waals surface area contributed by atoms with Crippen molar-refractivity contribution in [3.63, 3.8) is 0 Å². The molecule has 0 radical (unpaired) electrons. The highest BCUT2D eigenvalue weighted by molar-refractivity contribution is 5.71. The lowest BCUT2D eigenvalue weighted by Crippen LogP contribution is -2.73. The summed E-state index contributed by atoms with van der Waals surface area (Å²) in [7, 11) is 1.29. The van der Waals surface area contributed by atoms with E-state index in [2.05, 4.69) is 37.3 Å². The maximum Gasteiger partial charge on any atom is 0.350 e.